The number of esters is 1. The molecule has 1 heterocycles. The molecule has 0 bridgehead atoms. The van der Waals surface area contributed by atoms with E-state index in [0.717, 1.165) is 5.69 Å². The molecule has 0 saturated heterocycles. The number of aromatic nitrogens is 1. The van der Waals surface area contributed by atoms with Crippen LogP contribution < -0.4 is 11.3 Å². The summed E-state index contributed by atoms with van der Waals surface area (Å²) in [6.45, 7) is 5.48. The van der Waals surface area contributed by atoms with E-state index in [-0.39, 0.29) is 11.7 Å². The fourth-order valence-electron chi connectivity index (χ4n) is 1.15. The van der Waals surface area contributed by atoms with Crippen molar-refractivity contribution in [1.29, 1.82) is 0 Å². The molecule has 106 valence electrons. The van der Waals surface area contributed by atoms with Crippen molar-refractivity contribution in [2.24, 2.45) is 5.84 Å². The number of amides is 1. The minimum atomic E-state index is -0.468. The average molecular weight is 303 g/mol. The summed E-state index contributed by atoms with van der Waals surface area (Å²) < 4.78 is 5.18. The first-order chi connectivity index (χ1) is 8.81. The van der Waals surface area contributed by atoms with Gasteiger partial charge in [0.25, 0.3) is 5.91 Å². The Morgan fingerprint density at radius 1 is 1.53 bits per heavy atom. The molecule has 3 N–H and O–H groups in total. The molecule has 19 heavy (non-hydrogen) atoms. The Bertz CT molecular complexity index is 454. The summed E-state index contributed by atoms with van der Waals surface area (Å²) in [5.74, 6) is 5.15. The van der Waals surface area contributed by atoms with E-state index >= 15 is 0 Å². The summed E-state index contributed by atoms with van der Waals surface area (Å²) in [4.78, 5) is 26.8. The van der Waals surface area contributed by atoms with Crippen LogP contribution >= 0.6 is 23.1 Å². The molecule has 0 aliphatic rings. The predicted octanol–water partition coefficient (Wildman–Crippen LogP) is 1.32. The molecule has 8 heteroatoms. The lowest BCUT2D eigenvalue weighted by atomic mass is 10.2. The minimum absolute atomic E-state index is 0.257. The number of ether oxygens (including phenoxy) is 1. The summed E-state index contributed by atoms with van der Waals surface area (Å²) in [5.41, 5.74) is 2.30. The Morgan fingerprint density at radius 3 is 2.79 bits per heavy atom. The molecule has 0 saturated carbocycles. The van der Waals surface area contributed by atoms with Gasteiger partial charge in [-0.25, -0.2) is 10.8 Å². The van der Waals surface area contributed by atoms with E-state index in [2.05, 4.69) is 4.98 Å². The summed E-state index contributed by atoms with van der Waals surface area (Å²) >= 11 is 2.61. The van der Waals surface area contributed by atoms with Crippen molar-refractivity contribution in [3.8, 4) is 0 Å². The van der Waals surface area contributed by atoms with Crippen molar-refractivity contribution in [3.05, 3.63) is 16.1 Å². The van der Waals surface area contributed by atoms with Crippen LogP contribution in [0.5, 0.6) is 0 Å². The second kappa shape index (κ2) is 6.88. The number of nitrogens with one attached hydrogen (secondary N) is 1. The van der Waals surface area contributed by atoms with E-state index in [1.165, 1.54) is 23.1 Å². The van der Waals surface area contributed by atoms with Gasteiger partial charge in [0.05, 0.1) is 11.4 Å². The van der Waals surface area contributed by atoms with E-state index < -0.39 is 11.5 Å². The molecule has 1 rings (SSSR count). The van der Waals surface area contributed by atoms with Gasteiger partial charge in [0.1, 0.15) is 5.60 Å². The smallest absolute Gasteiger partial charge is 0.316 e. The van der Waals surface area contributed by atoms with Crippen LogP contribution in [0, 0.1) is 0 Å². The van der Waals surface area contributed by atoms with Gasteiger partial charge in [-0.1, -0.05) is 0 Å². The third-order valence-electron chi connectivity index (χ3n) is 1.77. The van der Waals surface area contributed by atoms with E-state index in [1.54, 1.807) is 5.38 Å². The fraction of sp³-hybridized carbons (Fsp3) is 0.545. The highest BCUT2D eigenvalue weighted by Gasteiger charge is 2.16. The number of nitrogens with two attached hydrogens (primary N) is 1. The topological polar surface area (TPSA) is 94.3 Å². The van der Waals surface area contributed by atoms with Crippen LogP contribution in [0.4, 0.5) is 0 Å². The van der Waals surface area contributed by atoms with Crippen LogP contribution in [0.2, 0.25) is 0 Å². The molecule has 1 amide bonds. The van der Waals surface area contributed by atoms with E-state index in [4.69, 9.17) is 10.6 Å². The van der Waals surface area contributed by atoms with Crippen LogP contribution in [-0.2, 0) is 15.3 Å². The zero-order chi connectivity index (χ0) is 14.5. The van der Waals surface area contributed by atoms with Crippen molar-refractivity contribution in [2.75, 3.05) is 5.75 Å². The Hall–Kier alpha value is -1.12. The van der Waals surface area contributed by atoms with E-state index in [1.807, 2.05) is 26.2 Å². The average Bonchev–Trinajstić information content (AvgIpc) is 2.74. The van der Waals surface area contributed by atoms with Crippen LogP contribution in [-0.4, -0.2) is 28.2 Å². The number of hydrazine groups is 1. The lowest BCUT2D eigenvalue weighted by Gasteiger charge is -2.19. The molecule has 0 radical (unpaired) electrons. The third kappa shape index (κ3) is 6.04. The van der Waals surface area contributed by atoms with Crippen LogP contribution in [0.3, 0.4) is 0 Å². The number of carbonyl (C=O) groups is 2. The van der Waals surface area contributed by atoms with Crippen molar-refractivity contribution >= 4 is 35.0 Å². The Balaban J connectivity index is 2.35. The maximum atomic E-state index is 11.5. The predicted molar refractivity (Wildman–Crippen MR) is 75.8 cm³/mol. The van der Waals surface area contributed by atoms with Gasteiger partial charge in [-0.3, -0.25) is 15.0 Å². The standard InChI is InChI=1S/C11H17N3O3S2/c1-11(2,3)17-8(15)6-18-4-7-5-19-10(13-7)9(16)14-12/h5H,4,6,12H2,1-3H3,(H,14,16). The highest BCUT2D eigenvalue weighted by molar-refractivity contribution is 7.99. The molecule has 0 fully saturated rings. The van der Waals surface area contributed by atoms with Crippen molar-refractivity contribution < 1.29 is 14.3 Å². The Morgan fingerprint density at radius 2 is 2.21 bits per heavy atom. The molecule has 6 nitrogen and oxygen atoms in total. The first-order valence-corrected chi connectivity index (χ1v) is 7.60. The molecule has 1 aromatic rings. The van der Waals surface area contributed by atoms with Crippen LogP contribution in [0.1, 0.15) is 36.3 Å². The SMILES string of the molecule is CC(C)(C)OC(=O)CSCc1csc(C(=O)NN)n1. The first-order valence-electron chi connectivity index (χ1n) is 5.57. The maximum Gasteiger partial charge on any atom is 0.316 e. The molecule has 0 spiro atoms. The Labute approximate surface area is 120 Å². The molecular formula is C11H17N3O3S2. The number of rotatable bonds is 5. The fourth-order valence-corrected chi connectivity index (χ4v) is 2.66. The molecule has 0 unspecified atom stereocenters. The zero-order valence-electron chi connectivity index (χ0n) is 11.1. The second-order valence-electron chi connectivity index (χ2n) is 4.70. The third-order valence-corrected chi connectivity index (χ3v) is 3.60. The number of nitrogen functional groups attached to an aromatic ring is 1. The maximum absolute atomic E-state index is 11.5. The summed E-state index contributed by atoms with van der Waals surface area (Å²) in [5, 5.41) is 2.09. The van der Waals surface area contributed by atoms with E-state index in [0.29, 0.717) is 10.8 Å². The minimum Gasteiger partial charge on any atom is -0.459 e. The molecule has 0 atom stereocenters. The normalized spacial score (nSPS) is 11.2. The number of carbonyl (C=O) groups excluding carboxylic acids is 2. The van der Waals surface area contributed by atoms with Crippen molar-refractivity contribution in [1.82, 2.24) is 10.4 Å². The summed E-state index contributed by atoms with van der Waals surface area (Å²) in [6, 6.07) is 0. The molecule has 1 aromatic heterocycles. The van der Waals surface area contributed by atoms with Gasteiger partial charge in [-0.05, 0) is 20.8 Å². The highest BCUT2D eigenvalue weighted by Crippen LogP contribution is 2.17. The number of thioether (sulfide) groups is 1. The van der Waals surface area contributed by atoms with Crippen LogP contribution in [0.15, 0.2) is 5.38 Å². The Kier molecular flexibility index (Phi) is 5.77. The largest absolute Gasteiger partial charge is 0.459 e. The highest BCUT2D eigenvalue weighted by atomic mass is 32.2. The second-order valence-corrected chi connectivity index (χ2v) is 6.54. The van der Waals surface area contributed by atoms with Gasteiger partial charge >= 0.3 is 5.97 Å². The summed E-state index contributed by atoms with van der Waals surface area (Å²) in [6.07, 6.45) is 0. The van der Waals surface area contributed by atoms with Gasteiger partial charge in [-0.2, -0.15) is 0 Å². The molecule has 0 aliphatic heterocycles. The molecular weight excluding hydrogens is 286 g/mol. The number of nitrogens with zero attached hydrogens (tertiary/aromatic N) is 1. The lowest BCUT2D eigenvalue weighted by molar-refractivity contribution is -0.151. The number of thiazole rings is 1. The first kappa shape index (κ1) is 15.9. The van der Waals surface area contributed by atoms with Crippen molar-refractivity contribution in [3.63, 3.8) is 0 Å². The summed E-state index contributed by atoms with van der Waals surface area (Å²) in [7, 11) is 0. The monoisotopic (exact) mass is 303 g/mol. The van der Waals surface area contributed by atoms with Gasteiger partial charge in [0.2, 0.25) is 0 Å². The van der Waals surface area contributed by atoms with E-state index in [9.17, 15) is 9.59 Å². The molecule has 0 aromatic carbocycles. The van der Waals surface area contributed by atoms with Gasteiger partial charge in [0.15, 0.2) is 5.01 Å². The molecule has 0 aliphatic carbocycles. The van der Waals surface area contributed by atoms with Gasteiger partial charge < -0.3 is 4.74 Å². The van der Waals surface area contributed by atoms with Crippen molar-refractivity contribution in [2.45, 2.75) is 32.1 Å². The lowest BCUT2D eigenvalue weighted by Crippen LogP contribution is -2.29. The zero-order valence-corrected chi connectivity index (χ0v) is 12.7. The number of hydrogen-bond donors (Lipinski definition) is 2. The van der Waals surface area contributed by atoms with Gasteiger partial charge in [0, 0.05) is 11.1 Å². The van der Waals surface area contributed by atoms with Gasteiger partial charge in [-0.15, -0.1) is 23.1 Å². The van der Waals surface area contributed by atoms with Crippen LogP contribution in [0.25, 0.3) is 0 Å². The quantitative estimate of drug-likeness (QED) is 0.369. The number of hydrogen-bond acceptors (Lipinski definition) is 7.